The van der Waals surface area contributed by atoms with Crippen molar-refractivity contribution >= 4 is 21.8 Å². The van der Waals surface area contributed by atoms with Crippen molar-refractivity contribution in [2.24, 2.45) is 0 Å². The molecule has 0 aliphatic heterocycles. The summed E-state index contributed by atoms with van der Waals surface area (Å²) in [6, 6.07) is 4.70. The number of phenolic OH excluding ortho intramolecular Hbond substituents is 1. The number of nitrogens with zero attached hydrogens (tertiary/aromatic N) is 1. The van der Waals surface area contributed by atoms with Gasteiger partial charge in [0.15, 0.2) is 0 Å². The number of carbonyl (C=O) groups excluding carboxylic acids is 1. The molecule has 4 heteroatoms. The highest BCUT2D eigenvalue weighted by Gasteiger charge is 2.14. The Morgan fingerprint density at radius 1 is 1.62 bits per heavy atom. The van der Waals surface area contributed by atoms with E-state index >= 15 is 0 Å². The normalized spacial score (nSPS) is 9.56. The lowest BCUT2D eigenvalue weighted by molar-refractivity contribution is 0.0784. The van der Waals surface area contributed by atoms with Crippen molar-refractivity contribution in [2.45, 2.75) is 6.92 Å². The van der Waals surface area contributed by atoms with Crippen LogP contribution in [0.15, 0.2) is 22.7 Å². The van der Waals surface area contributed by atoms with Gasteiger partial charge < -0.3 is 10.0 Å². The van der Waals surface area contributed by atoms with E-state index in [1.54, 1.807) is 12.1 Å². The van der Waals surface area contributed by atoms with E-state index < -0.39 is 0 Å². The Balaban J connectivity index is 2.95. The fourth-order valence-electron chi connectivity index (χ4n) is 1.27. The minimum atomic E-state index is -0.178. The van der Waals surface area contributed by atoms with Gasteiger partial charge in [-0.05, 0) is 41.1 Å². The number of rotatable bonds is 3. The van der Waals surface area contributed by atoms with Gasteiger partial charge in [0.05, 0.1) is 11.0 Å². The molecule has 1 amide bonds. The van der Waals surface area contributed by atoms with Crippen molar-refractivity contribution in [2.75, 3.05) is 13.1 Å². The van der Waals surface area contributed by atoms with E-state index in [0.717, 1.165) is 0 Å². The van der Waals surface area contributed by atoms with Crippen LogP contribution in [0.25, 0.3) is 0 Å². The lowest BCUT2D eigenvalue weighted by atomic mass is 10.2. The molecule has 84 valence electrons. The van der Waals surface area contributed by atoms with Gasteiger partial charge in [-0.2, -0.15) is 0 Å². The summed E-state index contributed by atoms with van der Waals surface area (Å²) in [7, 11) is 0. The number of carbonyl (C=O) groups is 1. The zero-order chi connectivity index (χ0) is 12.1. The molecule has 0 fully saturated rings. The van der Waals surface area contributed by atoms with Crippen LogP contribution in [0, 0.1) is 12.3 Å². The van der Waals surface area contributed by atoms with Crippen molar-refractivity contribution in [1.29, 1.82) is 0 Å². The van der Waals surface area contributed by atoms with Crippen LogP contribution in [-0.2, 0) is 0 Å². The van der Waals surface area contributed by atoms with Gasteiger partial charge in [0.25, 0.3) is 5.91 Å². The van der Waals surface area contributed by atoms with Gasteiger partial charge in [0, 0.05) is 12.1 Å². The Morgan fingerprint density at radius 2 is 2.31 bits per heavy atom. The molecular formula is C12H12BrNO2. The second-order valence-electron chi connectivity index (χ2n) is 3.19. The fraction of sp³-hybridized carbons (Fsp3) is 0.250. The third kappa shape index (κ3) is 2.77. The molecule has 0 unspecified atom stereocenters. The van der Waals surface area contributed by atoms with Crippen molar-refractivity contribution < 1.29 is 9.90 Å². The summed E-state index contributed by atoms with van der Waals surface area (Å²) in [4.78, 5) is 13.5. The summed E-state index contributed by atoms with van der Waals surface area (Å²) in [5.74, 6) is 2.30. The van der Waals surface area contributed by atoms with Crippen molar-refractivity contribution in [3.05, 3.63) is 28.2 Å². The number of amides is 1. The SMILES string of the molecule is C#CCN(CC)C(=O)c1ccc(Br)c(O)c1. The third-order valence-corrected chi connectivity index (χ3v) is 2.81. The minimum absolute atomic E-state index is 0.0441. The summed E-state index contributed by atoms with van der Waals surface area (Å²) in [5.41, 5.74) is 0.429. The van der Waals surface area contributed by atoms with E-state index in [2.05, 4.69) is 21.9 Å². The maximum atomic E-state index is 11.9. The summed E-state index contributed by atoms with van der Waals surface area (Å²) >= 11 is 3.16. The van der Waals surface area contributed by atoms with Crippen LogP contribution >= 0.6 is 15.9 Å². The highest BCUT2D eigenvalue weighted by molar-refractivity contribution is 9.10. The molecule has 3 nitrogen and oxygen atoms in total. The molecule has 16 heavy (non-hydrogen) atoms. The van der Waals surface area contributed by atoms with Gasteiger partial charge in [0.2, 0.25) is 0 Å². The summed E-state index contributed by atoms with van der Waals surface area (Å²) in [5, 5.41) is 9.48. The van der Waals surface area contributed by atoms with Crippen molar-refractivity contribution in [1.82, 2.24) is 4.90 Å². The second kappa shape index (κ2) is 5.57. The molecule has 0 saturated carbocycles. The van der Waals surface area contributed by atoms with E-state index in [-0.39, 0.29) is 18.2 Å². The van der Waals surface area contributed by atoms with E-state index in [1.807, 2.05) is 6.92 Å². The van der Waals surface area contributed by atoms with Crippen LogP contribution in [0.5, 0.6) is 5.75 Å². The molecule has 1 aromatic carbocycles. The average molecular weight is 282 g/mol. The molecule has 0 aromatic heterocycles. The molecule has 0 aliphatic rings. The largest absolute Gasteiger partial charge is 0.507 e. The van der Waals surface area contributed by atoms with E-state index in [9.17, 15) is 9.90 Å². The van der Waals surface area contributed by atoms with Gasteiger partial charge in [-0.1, -0.05) is 5.92 Å². The molecule has 0 bridgehead atoms. The monoisotopic (exact) mass is 281 g/mol. The number of benzene rings is 1. The Labute approximate surface area is 103 Å². The predicted molar refractivity (Wildman–Crippen MR) is 66.2 cm³/mol. The smallest absolute Gasteiger partial charge is 0.254 e. The average Bonchev–Trinajstić information content (AvgIpc) is 2.28. The molecule has 0 radical (unpaired) electrons. The predicted octanol–water partition coefficient (Wildman–Crippen LogP) is 2.25. The van der Waals surface area contributed by atoms with E-state index in [1.165, 1.54) is 11.0 Å². The van der Waals surface area contributed by atoms with E-state index in [4.69, 9.17) is 6.42 Å². The van der Waals surface area contributed by atoms with Crippen LogP contribution in [0.4, 0.5) is 0 Å². The Hall–Kier alpha value is -1.47. The quantitative estimate of drug-likeness (QED) is 0.864. The molecule has 0 spiro atoms. The first kappa shape index (κ1) is 12.6. The van der Waals surface area contributed by atoms with Crippen LogP contribution in [0.3, 0.4) is 0 Å². The number of hydrogen-bond acceptors (Lipinski definition) is 2. The van der Waals surface area contributed by atoms with Crippen LogP contribution in [0.2, 0.25) is 0 Å². The molecule has 0 aliphatic carbocycles. The lowest BCUT2D eigenvalue weighted by Crippen LogP contribution is -2.31. The van der Waals surface area contributed by atoms with Gasteiger partial charge in [0.1, 0.15) is 5.75 Å². The highest BCUT2D eigenvalue weighted by Crippen LogP contribution is 2.24. The number of aromatic hydroxyl groups is 1. The second-order valence-corrected chi connectivity index (χ2v) is 4.04. The maximum absolute atomic E-state index is 11.9. The van der Waals surface area contributed by atoms with Gasteiger partial charge in [-0.15, -0.1) is 6.42 Å². The Kier molecular flexibility index (Phi) is 4.39. The Bertz CT molecular complexity index is 437. The summed E-state index contributed by atoms with van der Waals surface area (Å²) in [6.45, 7) is 2.67. The first-order valence-electron chi connectivity index (χ1n) is 4.81. The molecule has 0 saturated heterocycles. The molecule has 1 aromatic rings. The maximum Gasteiger partial charge on any atom is 0.254 e. The molecule has 1 N–H and O–H groups in total. The number of hydrogen-bond donors (Lipinski definition) is 1. The topological polar surface area (TPSA) is 40.5 Å². The fourth-order valence-corrected chi connectivity index (χ4v) is 1.51. The van der Waals surface area contributed by atoms with Gasteiger partial charge >= 0.3 is 0 Å². The van der Waals surface area contributed by atoms with Crippen LogP contribution < -0.4 is 0 Å². The zero-order valence-electron chi connectivity index (χ0n) is 8.90. The standard InChI is InChI=1S/C12H12BrNO2/c1-3-7-14(4-2)12(16)9-5-6-10(13)11(15)8-9/h1,5-6,8,15H,4,7H2,2H3. The third-order valence-electron chi connectivity index (χ3n) is 2.14. The van der Waals surface area contributed by atoms with Gasteiger partial charge in [-0.3, -0.25) is 4.79 Å². The molecule has 0 atom stereocenters. The minimum Gasteiger partial charge on any atom is -0.507 e. The first-order valence-corrected chi connectivity index (χ1v) is 5.60. The van der Waals surface area contributed by atoms with Crippen LogP contribution in [-0.4, -0.2) is 29.0 Å². The molecule has 1 rings (SSSR count). The van der Waals surface area contributed by atoms with Gasteiger partial charge in [-0.25, -0.2) is 0 Å². The molecule has 0 heterocycles. The number of halogens is 1. The van der Waals surface area contributed by atoms with Crippen molar-refractivity contribution in [3.8, 4) is 18.1 Å². The van der Waals surface area contributed by atoms with E-state index in [0.29, 0.717) is 16.6 Å². The molecular weight excluding hydrogens is 270 g/mol. The first-order chi connectivity index (χ1) is 7.60. The number of phenols is 1. The number of terminal acetylenes is 1. The summed E-state index contributed by atoms with van der Waals surface area (Å²) < 4.78 is 0.559. The zero-order valence-corrected chi connectivity index (χ0v) is 10.5. The highest BCUT2D eigenvalue weighted by atomic mass is 79.9. The Morgan fingerprint density at radius 3 is 2.81 bits per heavy atom. The lowest BCUT2D eigenvalue weighted by Gasteiger charge is -2.18. The van der Waals surface area contributed by atoms with Crippen molar-refractivity contribution in [3.63, 3.8) is 0 Å². The van der Waals surface area contributed by atoms with Crippen LogP contribution in [0.1, 0.15) is 17.3 Å². The summed E-state index contributed by atoms with van der Waals surface area (Å²) in [6.07, 6.45) is 5.17.